The van der Waals surface area contributed by atoms with Crippen molar-refractivity contribution in [2.75, 3.05) is 25.0 Å². The van der Waals surface area contributed by atoms with Crippen molar-refractivity contribution >= 4 is 23.0 Å². The van der Waals surface area contributed by atoms with Gasteiger partial charge in [-0.3, -0.25) is 0 Å². The lowest BCUT2D eigenvalue weighted by atomic mass is 10.1. The number of nitrogens with one attached hydrogen (secondary N) is 3. The molecule has 112 valence electrons. The van der Waals surface area contributed by atoms with Crippen molar-refractivity contribution in [3.63, 3.8) is 0 Å². The van der Waals surface area contributed by atoms with E-state index in [9.17, 15) is 4.79 Å². The number of aromatic nitrogens is 2. The van der Waals surface area contributed by atoms with Gasteiger partial charge in [0.1, 0.15) is 0 Å². The molecule has 0 radical (unpaired) electrons. The van der Waals surface area contributed by atoms with Crippen molar-refractivity contribution in [2.24, 2.45) is 0 Å². The van der Waals surface area contributed by atoms with Crippen LogP contribution in [0, 0.1) is 0 Å². The summed E-state index contributed by atoms with van der Waals surface area (Å²) in [6, 6.07) is 5.81. The Morgan fingerprint density at radius 3 is 3.00 bits per heavy atom. The van der Waals surface area contributed by atoms with Gasteiger partial charge >= 0.3 is 5.97 Å². The number of nitrogens with zero attached hydrogens (tertiary/aromatic N) is 1. The van der Waals surface area contributed by atoms with Gasteiger partial charge in [0, 0.05) is 6.04 Å². The molecule has 0 bridgehead atoms. The number of imidazole rings is 1. The van der Waals surface area contributed by atoms with E-state index < -0.39 is 0 Å². The Kier molecular flexibility index (Phi) is 4.06. The van der Waals surface area contributed by atoms with E-state index >= 15 is 0 Å². The zero-order valence-corrected chi connectivity index (χ0v) is 12.1. The van der Waals surface area contributed by atoms with Gasteiger partial charge in [-0.05, 0) is 51.1 Å². The topological polar surface area (TPSA) is 79.0 Å². The minimum atomic E-state index is -0.304. The largest absolute Gasteiger partial charge is 0.462 e. The van der Waals surface area contributed by atoms with Gasteiger partial charge < -0.3 is 20.4 Å². The van der Waals surface area contributed by atoms with Crippen LogP contribution in [0.25, 0.3) is 11.0 Å². The first-order valence-electron chi connectivity index (χ1n) is 7.40. The molecule has 6 heteroatoms. The van der Waals surface area contributed by atoms with Gasteiger partial charge in [-0.1, -0.05) is 0 Å². The molecule has 1 aliphatic heterocycles. The summed E-state index contributed by atoms with van der Waals surface area (Å²) in [6.07, 6.45) is 2.18. The molecule has 3 rings (SSSR count). The lowest BCUT2D eigenvalue weighted by Crippen LogP contribution is -2.35. The molecule has 3 N–H and O–H groups in total. The molecule has 0 saturated carbocycles. The van der Waals surface area contributed by atoms with E-state index in [1.807, 2.05) is 6.07 Å². The van der Waals surface area contributed by atoms with Gasteiger partial charge in [-0.25, -0.2) is 9.78 Å². The zero-order chi connectivity index (χ0) is 14.7. The van der Waals surface area contributed by atoms with E-state index in [2.05, 4.69) is 20.6 Å². The number of H-pyrrole nitrogens is 1. The quantitative estimate of drug-likeness (QED) is 0.749. The van der Waals surface area contributed by atoms with Crippen LogP contribution in [0.15, 0.2) is 18.2 Å². The molecule has 0 spiro atoms. The summed E-state index contributed by atoms with van der Waals surface area (Å²) in [5.74, 6) is 0.458. The number of benzene rings is 1. The van der Waals surface area contributed by atoms with E-state index in [4.69, 9.17) is 4.74 Å². The highest BCUT2D eigenvalue weighted by Gasteiger charge is 2.15. The highest BCUT2D eigenvalue weighted by molar-refractivity contribution is 5.94. The molecule has 21 heavy (non-hydrogen) atoms. The number of rotatable bonds is 4. The second-order valence-corrected chi connectivity index (χ2v) is 5.21. The summed E-state index contributed by atoms with van der Waals surface area (Å²) >= 11 is 0. The summed E-state index contributed by atoms with van der Waals surface area (Å²) < 4.78 is 5.01. The Balaban J connectivity index is 1.77. The van der Waals surface area contributed by atoms with Crippen LogP contribution in [0.2, 0.25) is 0 Å². The number of hydrogen-bond acceptors (Lipinski definition) is 5. The van der Waals surface area contributed by atoms with Crippen LogP contribution in [0.1, 0.15) is 30.1 Å². The highest BCUT2D eigenvalue weighted by atomic mass is 16.5. The lowest BCUT2D eigenvalue weighted by Gasteiger charge is -2.23. The number of aromatic amines is 1. The summed E-state index contributed by atoms with van der Waals surface area (Å²) in [5.41, 5.74) is 2.23. The van der Waals surface area contributed by atoms with Gasteiger partial charge in [0.05, 0.1) is 23.2 Å². The van der Waals surface area contributed by atoms with Crippen molar-refractivity contribution in [2.45, 2.75) is 25.8 Å². The first kappa shape index (κ1) is 13.9. The predicted octanol–water partition coefficient (Wildman–Crippen LogP) is 1.90. The molecule has 2 aromatic rings. The number of esters is 1. The van der Waals surface area contributed by atoms with Crippen LogP contribution in [-0.4, -0.2) is 41.7 Å². The van der Waals surface area contributed by atoms with Crippen molar-refractivity contribution in [3.8, 4) is 0 Å². The van der Waals surface area contributed by atoms with Crippen LogP contribution in [0.5, 0.6) is 0 Å². The van der Waals surface area contributed by atoms with E-state index in [0.717, 1.165) is 42.9 Å². The van der Waals surface area contributed by atoms with Gasteiger partial charge in [0.25, 0.3) is 0 Å². The van der Waals surface area contributed by atoms with Crippen molar-refractivity contribution in [1.82, 2.24) is 15.3 Å². The molecule has 1 aliphatic rings. The van der Waals surface area contributed by atoms with Crippen molar-refractivity contribution in [1.29, 1.82) is 0 Å². The molecule has 1 fully saturated rings. The normalized spacial score (nSPS) is 16.0. The molecule has 0 unspecified atom stereocenters. The van der Waals surface area contributed by atoms with Crippen LogP contribution in [0.3, 0.4) is 0 Å². The number of anilines is 1. The van der Waals surface area contributed by atoms with Gasteiger partial charge in [0.2, 0.25) is 5.95 Å². The van der Waals surface area contributed by atoms with Crippen LogP contribution < -0.4 is 10.6 Å². The van der Waals surface area contributed by atoms with Crippen molar-refractivity contribution < 1.29 is 9.53 Å². The maximum Gasteiger partial charge on any atom is 0.338 e. The number of hydrogen-bond donors (Lipinski definition) is 3. The second kappa shape index (κ2) is 6.13. The second-order valence-electron chi connectivity index (χ2n) is 5.21. The third kappa shape index (κ3) is 3.16. The molecule has 6 nitrogen and oxygen atoms in total. The molecular weight excluding hydrogens is 268 g/mol. The van der Waals surface area contributed by atoms with E-state index in [1.54, 1.807) is 19.1 Å². The average Bonchev–Trinajstić information content (AvgIpc) is 2.89. The fourth-order valence-electron chi connectivity index (χ4n) is 2.58. The van der Waals surface area contributed by atoms with Crippen LogP contribution in [-0.2, 0) is 4.74 Å². The van der Waals surface area contributed by atoms with Crippen molar-refractivity contribution in [3.05, 3.63) is 23.8 Å². The molecule has 0 atom stereocenters. The van der Waals surface area contributed by atoms with Gasteiger partial charge in [-0.15, -0.1) is 0 Å². The standard InChI is InChI=1S/C15H20N4O2/c1-2-21-14(20)10-3-4-12-13(9-10)19-15(18-12)17-11-5-7-16-8-6-11/h3-4,9,11,16H,2,5-8H2,1H3,(H2,17,18,19). The Labute approximate surface area is 123 Å². The van der Waals surface area contributed by atoms with E-state index in [-0.39, 0.29) is 5.97 Å². The monoisotopic (exact) mass is 288 g/mol. The Bertz CT molecular complexity index is 632. The third-order valence-corrected chi connectivity index (χ3v) is 3.67. The number of fused-ring (bicyclic) bond motifs is 1. The maximum atomic E-state index is 11.7. The number of carbonyl (C=O) groups is 1. The Morgan fingerprint density at radius 2 is 2.24 bits per heavy atom. The van der Waals surface area contributed by atoms with Crippen LogP contribution in [0.4, 0.5) is 5.95 Å². The average molecular weight is 288 g/mol. The molecule has 0 aliphatic carbocycles. The zero-order valence-electron chi connectivity index (χ0n) is 12.1. The molecule has 1 saturated heterocycles. The third-order valence-electron chi connectivity index (χ3n) is 3.67. The number of piperidine rings is 1. The molecule has 0 amide bonds. The minimum absolute atomic E-state index is 0.304. The number of ether oxygens (including phenoxy) is 1. The first-order chi connectivity index (χ1) is 10.3. The molecule has 1 aromatic heterocycles. The Hall–Kier alpha value is -2.08. The smallest absolute Gasteiger partial charge is 0.338 e. The highest BCUT2D eigenvalue weighted by Crippen LogP contribution is 2.18. The van der Waals surface area contributed by atoms with Gasteiger partial charge in [0.15, 0.2) is 0 Å². The minimum Gasteiger partial charge on any atom is -0.462 e. The lowest BCUT2D eigenvalue weighted by molar-refractivity contribution is 0.0526. The van der Waals surface area contributed by atoms with E-state index in [1.165, 1.54) is 0 Å². The summed E-state index contributed by atoms with van der Waals surface area (Å²) in [7, 11) is 0. The van der Waals surface area contributed by atoms with Crippen LogP contribution >= 0.6 is 0 Å². The number of carbonyl (C=O) groups excluding carboxylic acids is 1. The SMILES string of the molecule is CCOC(=O)c1ccc2nc(NC3CCNCC3)[nH]c2c1. The Morgan fingerprint density at radius 1 is 1.43 bits per heavy atom. The fraction of sp³-hybridized carbons (Fsp3) is 0.467. The fourth-order valence-corrected chi connectivity index (χ4v) is 2.58. The molecular formula is C15H20N4O2. The summed E-state index contributed by atoms with van der Waals surface area (Å²) in [6.45, 7) is 4.24. The van der Waals surface area contributed by atoms with E-state index in [0.29, 0.717) is 18.2 Å². The van der Waals surface area contributed by atoms with Gasteiger partial charge in [-0.2, -0.15) is 0 Å². The predicted molar refractivity (Wildman–Crippen MR) is 81.6 cm³/mol. The summed E-state index contributed by atoms with van der Waals surface area (Å²) in [4.78, 5) is 19.5. The molecule has 1 aromatic carbocycles. The summed E-state index contributed by atoms with van der Waals surface area (Å²) in [5, 5.41) is 6.76. The first-order valence-corrected chi connectivity index (χ1v) is 7.40. The molecule has 2 heterocycles. The maximum absolute atomic E-state index is 11.7.